The van der Waals surface area contributed by atoms with Gasteiger partial charge in [0.25, 0.3) is 0 Å². The van der Waals surface area contributed by atoms with Crippen molar-refractivity contribution in [1.29, 1.82) is 0 Å². The van der Waals surface area contributed by atoms with Crippen LogP contribution in [0.4, 0.5) is 0 Å². The summed E-state index contributed by atoms with van der Waals surface area (Å²) in [5.41, 5.74) is 1.17. The molecular weight excluding hydrogens is 348 g/mol. The van der Waals surface area contributed by atoms with Gasteiger partial charge in [-0.2, -0.15) is 0 Å². The van der Waals surface area contributed by atoms with Crippen molar-refractivity contribution in [3.05, 3.63) is 22.2 Å². The summed E-state index contributed by atoms with van der Waals surface area (Å²) in [7, 11) is 1.67. The molecule has 0 aromatic heterocycles. The van der Waals surface area contributed by atoms with Crippen LogP contribution in [0.15, 0.2) is 16.6 Å². The summed E-state index contributed by atoms with van der Waals surface area (Å²) in [6.07, 6.45) is 3.88. The number of benzene rings is 1. The molecular formula is C13H16Br2O2. The third-order valence-electron chi connectivity index (χ3n) is 2.91. The molecule has 1 saturated carbocycles. The number of ether oxygens (including phenoxy) is 2. The Balaban J connectivity index is 2.06. The average Bonchev–Trinajstić information content (AvgIpc) is 3.14. The molecule has 1 fully saturated rings. The molecule has 1 aromatic rings. The molecule has 2 rings (SSSR count). The van der Waals surface area contributed by atoms with Gasteiger partial charge in [-0.1, -0.05) is 28.8 Å². The Labute approximate surface area is 119 Å². The van der Waals surface area contributed by atoms with Crippen LogP contribution in [-0.4, -0.2) is 13.7 Å². The quantitative estimate of drug-likeness (QED) is 0.691. The third kappa shape index (κ3) is 3.62. The Morgan fingerprint density at radius 1 is 1.35 bits per heavy atom. The van der Waals surface area contributed by atoms with Gasteiger partial charge in [-0.25, -0.2) is 0 Å². The second-order valence-corrected chi connectivity index (χ2v) is 5.74. The Kier molecular flexibility index (Phi) is 4.74. The average molecular weight is 364 g/mol. The maximum Gasteiger partial charge on any atom is 0.175 e. The van der Waals surface area contributed by atoms with Crippen LogP contribution < -0.4 is 9.47 Å². The topological polar surface area (TPSA) is 18.5 Å². The Morgan fingerprint density at radius 2 is 2.12 bits per heavy atom. The van der Waals surface area contributed by atoms with Crippen molar-refractivity contribution in [2.45, 2.75) is 24.6 Å². The highest BCUT2D eigenvalue weighted by molar-refractivity contribution is 9.10. The van der Waals surface area contributed by atoms with Gasteiger partial charge >= 0.3 is 0 Å². The summed E-state index contributed by atoms with van der Waals surface area (Å²) in [5, 5.41) is 0.810. The van der Waals surface area contributed by atoms with Gasteiger partial charge in [-0.05, 0) is 46.0 Å². The second-order valence-electron chi connectivity index (χ2n) is 4.32. The van der Waals surface area contributed by atoms with Gasteiger partial charge in [-0.3, -0.25) is 0 Å². The molecule has 0 aliphatic heterocycles. The van der Waals surface area contributed by atoms with Crippen LogP contribution in [0.25, 0.3) is 0 Å². The van der Waals surface area contributed by atoms with Gasteiger partial charge in [0.1, 0.15) is 0 Å². The largest absolute Gasteiger partial charge is 0.493 e. The van der Waals surface area contributed by atoms with E-state index < -0.39 is 0 Å². The minimum absolute atomic E-state index is 0.771. The summed E-state index contributed by atoms with van der Waals surface area (Å²) in [5.74, 6) is 2.50. The molecule has 2 nitrogen and oxygen atoms in total. The van der Waals surface area contributed by atoms with Crippen molar-refractivity contribution in [2.24, 2.45) is 5.92 Å². The molecule has 0 heterocycles. The molecule has 0 N–H and O–H groups in total. The van der Waals surface area contributed by atoms with Crippen LogP contribution >= 0.6 is 31.9 Å². The standard InChI is InChI=1S/C13H16Br2O2/c1-16-12-7-10(8-14)6-11(15)13(12)17-5-4-9-2-3-9/h6-7,9H,2-5,8H2,1H3. The molecule has 0 amide bonds. The highest BCUT2D eigenvalue weighted by Crippen LogP contribution is 2.38. The van der Waals surface area contributed by atoms with Crippen LogP contribution in [0.5, 0.6) is 11.5 Å². The fourth-order valence-corrected chi connectivity index (χ4v) is 2.65. The maximum atomic E-state index is 5.82. The number of methoxy groups -OCH3 is 1. The van der Waals surface area contributed by atoms with Gasteiger partial charge in [0, 0.05) is 5.33 Å². The third-order valence-corrected chi connectivity index (χ3v) is 4.15. The summed E-state index contributed by atoms with van der Waals surface area (Å²) < 4.78 is 12.1. The first-order chi connectivity index (χ1) is 8.24. The summed E-state index contributed by atoms with van der Waals surface area (Å²) >= 11 is 6.98. The number of halogens is 2. The van der Waals surface area contributed by atoms with E-state index in [1.165, 1.54) is 18.4 Å². The number of alkyl halides is 1. The van der Waals surface area contributed by atoms with Gasteiger partial charge < -0.3 is 9.47 Å². The fourth-order valence-electron chi connectivity index (χ4n) is 1.72. The lowest BCUT2D eigenvalue weighted by Gasteiger charge is -2.13. The van der Waals surface area contributed by atoms with Crippen molar-refractivity contribution in [3.63, 3.8) is 0 Å². The van der Waals surface area contributed by atoms with Gasteiger partial charge in [0.15, 0.2) is 11.5 Å². The number of hydrogen-bond acceptors (Lipinski definition) is 2. The molecule has 1 aliphatic carbocycles. The van der Waals surface area contributed by atoms with E-state index in [1.54, 1.807) is 7.11 Å². The first-order valence-corrected chi connectivity index (χ1v) is 7.71. The van der Waals surface area contributed by atoms with E-state index >= 15 is 0 Å². The smallest absolute Gasteiger partial charge is 0.175 e. The summed E-state index contributed by atoms with van der Waals surface area (Å²) in [6.45, 7) is 0.771. The van der Waals surface area contributed by atoms with Crippen molar-refractivity contribution in [1.82, 2.24) is 0 Å². The molecule has 4 heteroatoms. The molecule has 0 atom stereocenters. The Hall–Kier alpha value is -0.220. The summed E-state index contributed by atoms with van der Waals surface area (Å²) in [4.78, 5) is 0. The van der Waals surface area contributed by atoms with Crippen molar-refractivity contribution in [2.75, 3.05) is 13.7 Å². The van der Waals surface area contributed by atoms with Crippen LogP contribution in [-0.2, 0) is 5.33 Å². The molecule has 0 radical (unpaired) electrons. The number of hydrogen-bond donors (Lipinski definition) is 0. The highest BCUT2D eigenvalue weighted by atomic mass is 79.9. The minimum Gasteiger partial charge on any atom is -0.493 e. The minimum atomic E-state index is 0.771. The van der Waals surface area contributed by atoms with E-state index in [2.05, 4.69) is 37.9 Å². The molecule has 0 unspecified atom stereocenters. The van der Waals surface area contributed by atoms with E-state index in [9.17, 15) is 0 Å². The predicted octanol–water partition coefficient (Wildman–Crippen LogP) is 4.53. The number of rotatable bonds is 6. The lowest BCUT2D eigenvalue weighted by atomic mass is 10.2. The van der Waals surface area contributed by atoms with Crippen LogP contribution in [0, 0.1) is 5.92 Å². The SMILES string of the molecule is COc1cc(CBr)cc(Br)c1OCCC1CC1. The van der Waals surface area contributed by atoms with Gasteiger partial charge in [-0.15, -0.1) is 0 Å². The summed E-state index contributed by atoms with van der Waals surface area (Å²) in [6, 6.07) is 4.07. The zero-order chi connectivity index (χ0) is 12.3. The van der Waals surface area contributed by atoms with Crippen molar-refractivity contribution >= 4 is 31.9 Å². The highest BCUT2D eigenvalue weighted by Gasteiger charge is 2.21. The Bertz CT molecular complexity index is 389. The van der Waals surface area contributed by atoms with Crippen molar-refractivity contribution < 1.29 is 9.47 Å². The zero-order valence-electron chi connectivity index (χ0n) is 9.84. The van der Waals surface area contributed by atoms with E-state index in [4.69, 9.17) is 9.47 Å². The van der Waals surface area contributed by atoms with Gasteiger partial charge in [0.05, 0.1) is 18.2 Å². The monoisotopic (exact) mass is 362 g/mol. The predicted molar refractivity (Wildman–Crippen MR) is 76.2 cm³/mol. The molecule has 1 aromatic carbocycles. The molecule has 0 spiro atoms. The van der Waals surface area contributed by atoms with E-state index in [0.717, 1.165) is 40.2 Å². The fraction of sp³-hybridized carbons (Fsp3) is 0.538. The normalized spacial score (nSPS) is 14.8. The molecule has 17 heavy (non-hydrogen) atoms. The molecule has 94 valence electrons. The lowest BCUT2D eigenvalue weighted by Crippen LogP contribution is -2.01. The van der Waals surface area contributed by atoms with Crippen molar-refractivity contribution in [3.8, 4) is 11.5 Å². The Morgan fingerprint density at radius 3 is 2.71 bits per heavy atom. The first-order valence-electron chi connectivity index (χ1n) is 5.79. The van der Waals surface area contributed by atoms with Gasteiger partial charge in [0.2, 0.25) is 0 Å². The molecule has 1 aliphatic rings. The van der Waals surface area contributed by atoms with E-state index in [0.29, 0.717) is 0 Å². The lowest BCUT2D eigenvalue weighted by molar-refractivity contribution is 0.281. The molecule has 0 bridgehead atoms. The van der Waals surface area contributed by atoms with Crippen LogP contribution in [0.1, 0.15) is 24.8 Å². The second kappa shape index (κ2) is 6.10. The van der Waals surface area contributed by atoms with E-state index in [1.807, 2.05) is 6.07 Å². The van der Waals surface area contributed by atoms with Crippen LogP contribution in [0.3, 0.4) is 0 Å². The first kappa shape index (κ1) is 13.2. The zero-order valence-corrected chi connectivity index (χ0v) is 13.0. The van der Waals surface area contributed by atoms with Crippen LogP contribution in [0.2, 0.25) is 0 Å². The van der Waals surface area contributed by atoms with E-state index in [-0.39, 0.29) is 0 Å². The maximum absolute atomic E-state index is 5.82. The molecule has 0 saturated heterocycles.